The number of carboxylic acid groups (broad SMARTS) is 1. The van der Waals surface area contributed by atoms with Gasteiger partial charge >= 0.3 is 11.9 Å². The first-order valence-corrected chi connectivity index (χ1v) is 20.2. The van der Waals surface area contributed by atoms with Gasteiger partial charge in [-0.3, -0.25) is 9.59 Å². The quantitative estimate of drug-likeness (QED) is 0.0212. The Labute approximate surface area is 312 Å². The zero-order valence-electron chi connectivity index (χ0n) is 33.3. The maximum absolute atomic E-state index is 12.7. The summed E-state index contributed by atoms with van der Waals surface area (Å²) >= 11 is 0. The molecule has 8 heteroatoms. The van der Waals surface area contributed by atoms with Crippen LogP contribution in [-0.4, -0.2) is 75.5 Å². The Balaban J connectivity index is 4.44. The van der Waals surface area contributed by atoms with Crippen molar-refractivity contribution in [2.24, 2.45) is 0 Å². The largest absolute Gasteiger partial charge is 0.544 e. The molecule has 0 aromatic carbocycles. The Hall–Kier alpha value is -2.71. The van der Waals surface area contributed by atoms with E-state index in [1.165, 1.54) is 32.1 Å². The number of hydrogen-bond donors (Lipinski definition) is 0. The highest BCUT2D eigenvalue weighted by atomic mass is 16.6. The molecule has 0 saturated carbocycles. The number of quaternary nitrogens is 1. The number of carbonyl (C=O) groups excluding carboxylic acids is 3. The summed E-state index contributed by atoms with van der Waals surface area (Å²) in [6.07, 6.45) is 38.4. The standard InChI is InChI=1S/C43H75NO7/c1-6-8-10-12-14-16-18-20-21-22-24-26-28-30-32-34-42(46)51-39(37-49-36-35-40(43(47)48)44(3,4)5)38-50-41(45)33-31-29-27-25-23-19-17-15-13-11-9-7-2/h9,11,14-18,20,39-40H,6-8,10,12-13,19,21-38H2,1-5H3/b11-9+,16-14+,17-15+,20-18+. The molecule has 8 nitrogen and oxygen atoms in total. The van der Waals surface area contributed by atoms with E-state index in [0.29, 0.717) is 12.8 Å². The second kappa shape index (κ2) is 34.4. The Kier molecular flexibility index (Phi) is 32.6. The van der Waals surface area contributed by atoms with Crippen molar-refractivity contribution in [1.29, 1.82) is 0 Å². The molecule has 2 unspecified atom stereocenters. The van der Waals surface area contributed by atoms with Crippen LogP contribution >= 0.6 is 0 Å². The predicted octanol–water partition coefficient (Wildman–Crippen LogP) is 9.13. The van der Waals surface area contributed by atoms with E-state index in [4.69, 9.17) is 14.2 Å². The van der Waals surface area contributed by atoms with Gasteiger partial charge in [0.15, 0.2) is 6.10 Å². The molecular weight excluding hydrogens is 642 g/mol. The van der Waals surface area contributed by atoms with Gasteiger partial charge in [-0.25, -0.2) is 0 Å². The smallest absolute Gasteiger partial charge is 0.306 e. The van der Waals surface area contributed by atoms with Gasteiger partial charge in [0.05, 0.1) is 40.3 Å². The SMILES string of the molecule is CC/C=C/C/C=C/CCCCCCCC(=O)OCC(COCCC(C(=O)[O-])[N+](C)(C)C)OC(=O)CCCCCCCC/C=C/C=C/CCCCC. The van der Waals surface area contributed by atoms with Crippen molar-refractivity contribution in [2.75, 3.05) is 41.0 Å². The van der Waals surface area contributed by atoms with Gasteiger partial charge in [-0.05, 0) is 64.2 Å². The highest BCUT2D eigenvalue weighted by Gasteiger charge is 2.25. The molecule has 0 N–H and O–H groups in total. The number of rotatable bonds is 35. The lowest BCUT2D eigenvalue weighted by Gasteiger charge is -2.34. The number of unbranched alkanes of at least 4 members (excludes halogenated alkanes) is 14. The summed E-state index contributed by atoms with van der Waals surface area (Å²) in [6, 6.07) is -0.730. The molecule has 0 amide bonds. The van der Waals surface area contributed by atoms with Gasteiger partial charge in [-0.2, -0.15) is 0 Å². The second-order valence-corrected chi connectivity index (χ2v) is 14.5. The average Bonchev–Trinajstić information content (AvgIpc) is 3.08. The topological polar surface area (TPSA) is 102 Å². The minimum Gasteiger partial charge on any atom is -0.544 e. The van der Waals surface area contributed by atoms with Gasteiger partial charge in [-0.1, -0.05) is 120 Å². The van der Waals surface area contributed by atoms with Crippen molar-refractivity contribution in [2.45, 2.75) is 167 Å². The summed E-state index contributed by atoms with van der Waals surface area (Å²) in [5.74, 6) is -1.78. The maximum Gasteiger partial charge on any atom is 0.306 e. The molecular formula is C43H75NO7. The predicted molar refractivity (Wildman–Crippen MR) is 208 cm³/mol. The van der Waals surface area contributed by atoms with Crippen molar-refractivity contribution >= 4 is 17.9 Å². The lowest BCUT2D eigenvalue weighted by Crippen LogP contribution is -2.55. The van der Waals surface area contributed by atoms with Crippen LogP contribution in [-0.2, 0) is 28.6 Å². The molecule has 0 aliphatic heterocycles. The summed E-state index contributed by atoms with van der Waals surface area (Å²) in [7, 11) is 5.39. The Morgan fingerprint density at radius 2 is 1.16 bits per heavy atom. The van der Waals surface area contributed by atoms with Crippen LogP contribution in [0.25, 0.3) is 0 Å². The molecule has 0 aliphatic carbocycles. The number of carboxylic acids is 1. The third-order valence-corrected chi connectivity index (χ3v) is 8.73. The third kappa shape index (κ3) is 32.9. The van der Waals surface area contributed by atoms with Crippen LogP contribution in [0.2, 0.25) is 0 Å². The van der Waals surface area contributed by atoms with E-state index in [9.17, 15) is 19.5 Å². The number of ether oxygens (including phenoxy) is 3. The Morgan fingerprint density at radius 1 is 0.627 bits per heavy atom. The third-order valence-electron chi connectivity index (χ3n) is 8.73. The highest BCUT2D eigenvalue weighted by molar-refractivity contribution is 5.70. The lowest BCUT2D eigenvalue weighted by atomic mass is 10.1. The summed E-state index contributed by atoms with van der Waals surface area (Å²) in [6.45, 7) is 4.48. The number of carbonyl (C=O) groups is 3. The van der Waals surface area contributed by atoms with E-state index in [1.54, 1.807) is 21.1 Å². The zero-order chi connectivity index (χ0) is 37.8. The van der Waals surface area contributed by atoms with Crippen LogP contribution in [0.4, 0.5) is 0 Å². The van der Waals surface area contributed by atoms with E-state index in [0.717, 1.165) is 89.9 Å². The first-order chi connectivity index (χ1) is 24.6. The van der Waals surface area contributed by atoms with E-state index < -0.39 is 18.1 Å². The molecule has 0 radical (unpaired) electrons. The van der Waals surface area contributed by atoms with E-state index in [1.807, 2.05) is 0 Å². The molecule has 0 aromatic heterocycles. The normalized spacial score (nSPS) is 13.5. The molecule has 0 heterocycles. The van der Waals surface area contributed by atoms with Crippen LogP contribution in [0, 0.1) is 0 Å². The fourth-order valence-electron chi connectivity index (χ4n) is 5.57. The zero-order valence-corrected chi connectivity index (χ0v) is 33.3. The second-order valence-electron chi connectivity index (χ2n) is 14.5. The summed E-state index contributed by atoms with van der Waals surface area (Å²) in [5.41, 5.74) is 0. The molecule has 0 bridgehead atoms. The van der Waals surface area contributed by atoms with Gasteiger partial charge < -0.3 is 28.6 Å². The minimum atomic E-state index is -1.13. The molecule has 294 valence electrons. The van der Waals surface area contributed by atoms with Crippen LogP contribution in [0.1, 0.15) is 155 Å². The van der Waals surface area contributed by atoms with Crippen LogP contribution in [0.15, 0.2) is 48.6 Å². The molecule has 0 fully saturated rings. The lowest BCUT2D eigenvalue weighted by molar-refractivity contribution is -0.889. The van der Waals surface area contributed by atoms with Gasteiger partial charge in [0.1, 0.15) is 12.6 Å². The first-order valence-electron chi connectivity index (χ1n) is 20.2. The number of aliphatic carboxylic acids is 1. The van der Waals surface area contributed by atoms with Crippen molar-refractivity contribution in [3.8, 4) is 0 Å². The monoisotopic (exact) mass is 718 g/mol. The van der Waals surface area contributed by atoms with Gasteiger partial charge in [0, 0.05) is 19.3 Å². The van der Waals surface area contributed by atoms with Crippen molar-refractivity contribution < 1.29 is 38.2 Å². The highest BCUT2D eigenvalue weighted by Crippen LogP contribution is 2.13. The summed E-state index contributed by atoms with van der Waals surface area (Å²) in [5, 5.41) is 11.6. The van der Waals surface area contributed by atoms with Crippen LogP contribution in [0.5, 0.6) is 0 Å². The molecule has 51 heavy (non-hydrogen) atoms. The van der Waals surface area contributed by atoms with E-state index in [2.05, 4.69) is 62.5 Å². The Morgan fingerprint density at radius 3 is 1.73 bits per heavy atom. The van der Waals surface area contributed by atoms with Crippen LogP contribution in [0.3, 0.4) is 0 Å². The average molecular weight is 718 g/mol. The number of hydrogen-bond acceptors (Lipinski definition) is 7. The number of allylic oxidation sites excluding steroid dienone is 8. The van der Waals surface area contributed by atoms with Crippen molar-refractivity contribution in [1.82, 2.24) is 0 Å². The van der Waals surface area contributed by atoms with Gasteiger partial charge in [0.2, 0.25) is 0 Å². The van der Waals surface area contributed by atoms with Crippen molar-refractivity contribution in [3.63, 3.8) is 0 Å². The molecule has 0 saturated heterocycles. The number of esters is 2. The van der Waals surface area contributed by atoms with Gasteiger partial charge in [-0.15, -0.1) is 0 Å². The first kappa shape index (κ1) is 48.3. The van der Waals surface area contributed by atoms with Crippen LogP contribution < -0.4 is 5.11 Å². The van der Waals surface area contributed by atoms with E-state index in [-0.39, 0.29) is 42.7 Å². The molecule has 0 aliphatic rings. The fraction of sp³-hybridized carbons (Fsp3) is 0.744. The molecule has 0 rings (SSSR count). The summed E-state index contributed by atoms with van der Waals surface area (Å²) < 4.78 is 17.1. The summed E-state index contributed by atoms with van der Waals surface area (Å²) in [4.78, 5) is 36.7. The maximum atomic E-state index is 12.7. The molecule has 2 atom stereocenters. The van der Waals surface area contributed by atoms with E-state index >= 15 is 0 Å². The fourth-order valence-corrected chi connectivity index (χ4v) is 5.57. The number of nitrogens with zero attached hydrogens (tertiary/aromatic N) is 1. The Bertz CT molecular complexity index is 979. The van der Waals surface area contributed by atoms with Crippen molar-refractivity contribution in [3.05, 3.63) is 48.6 Å². The molecule has 0 aromatic rings. The van der Waals surface area contributed by atoms with Gasteiger partial charge in [0.25, 0.3) is 0 Å². The number of likely N-dealkylation sites (N-methyl/N-ethyl adjacent to an activating group) is 1. The molecule has 0 spiro atoms. The minimum absolute atomic E-state index is 0.0301.